The zero-order valence-electron chi connectivity index (χ0n) is 22.1. The van der Waals surface area contributed by atoms with E-state index in [0.29, 0.717) is 23.7 Å². The summed E-state index contributed by atoms with van der Waals surface area (Å²) in [6.45, 7) is 3.38. The molecule has 0 aliphatic carbocycles. The van der Waals surface area contributed by atoms with Crippen molar-refractivity contribution in [2.24, 2.45) is 0 Å². The number of ether oxygens (including phenoxy) is 2. The Balaban J connectivity index is 1.68. The van der Waals surface area contributed by atoms with Gasteiger partial charge in [0.25, 0.3) is 17.7 Å². The number of nitrogens with one attached hydrogen (secondary N) is 2. The molecule has 1 unspecified atom stereocenters. The van der Waals surface area contributed by atoms with Gasteiger partial charge in [0.05, 0.1) is 48.6 Å². The third kappa shape index (κ3) is 5.78. The zero-order valence-corrected chi connectivity index (χ0v) is 22.1. The first kappa shape index (κ1) is 27.8. The highest BCUT2D eigenvalue weighted by Crippen LogP contribution is 2.39. The number of nitrogens with zero attached hydrogens (tertiary/aromatic N) is 1. The highest BCUT2D eigenvalue weighted by molar-refractivity contribution is 6.24. The monoisotopic (exact) mass is 545 g/mol. The molecule has 1 aliphatic heterocycles. The molecule has 1 aliphatic rings. The van der Waals surface area contributed by atoms with Crippen molar-refractivity contribution in [2.75, 3.05) is 19.0 Å². The van der Waals surface area contributed by atoms with Gasteiger partial charge in [-0.05, 0) is 48.9 Å². The lowest BCUT2D eigenvalue weighted by atomic mass is 10.0. The molecule has 1 heterocycles. The molecule has 3 aromatic rings. The number of rotatable bonds is 9. The van der Waals surface area contributed by atoms with Crippen molar-refractivity contribution in [3.8, 4) is 11.5 Å². The summed E-state index contributed by atoms with van der Waals surface area (Å²) < 4.78 is 11.0. The van der Waals surface area contributed by atoms with E-state index in [9.17, 15) is 24.0 Å². The van der Waals surface area contributed by atoms with Gasteiger partial charge in [0.2, 0.25) is 5.91 Å². The Kier molecular flexibility index (Phi) is 8.43. The van der Waals surface area contributed by atoms with Crippen LogP contribution in [0.15, 0.2) is 66.7 Å². The number of amides is 4. The molecular weight excluding hydrogens is 518 g/mol. The summed E-state index contributed by atoms with van der Waals surface area (Å²) in [5.74, 6) is -2.55. The molecule has 0 saturated heterocycles. The number of carbonyl (C=O) groups excluding carboxylic acids is 5. The average Bonchev–Trinajstić information content (AvgIpc) is 3.20. The number of benzene rings is 3. The molecule has 0 radical (unpaired) electrons. The Bertz CT molecular complexity index is 1470. The molecule has 0 aromatic heterocycles. The van der Waals surface area contributed by atoms with Gasteiger partial charge in [0.1, 0.15) is 0 Å². The first-order valence-electron chi connectivity index (χ1n) is 12.4. The van der Waals surface area contributed by atoms with E-state index in [1.807, 2.05) is 0 Å². The van der Waals surface area contributed by atoms with Gasteiger partial charge in [-0.25, -0.2) is 4.79 Å². The molecule has 4 rings (SSSR count). The molecular formula is C29H27N3O8. The summed E-state index contributed by atoms with van der Waals surface area (Å²) in [4.78, 5) is 70.2. The molecule has 0 saturated carbocycles. The first-order valence-corrected chi connectivity index (χ1v) is 12.4. The molecule has 4 amide bonds. The van der Waals surface area contributed by atoms with Crippen molar-refractivity contribution in [1.82, 2.24) is 10.4 Å². The van der Waals surface area contributed by atoms with E-state index in [4.69, 9.17) is 14.3 Å². The Morgan fingerprint density at radius 2 is 1.68 bits per heavy atom. The van der Waals surface area contributed by atoms with Gasteiger partial charge in [0, 0.05) is 6.92 Å². The third-order valence-electron chi connectivity index (χ3n) is 6.09. The second-order valence-corrected chi connectivity index (χ2v) is 8.73. The topological polar surface area (TPSA) is 140 Å². The Morgan fingerprint density at radius 3 is 2.35 bits per heavy atom. The lowest BCUT2D eigenvalue weighted by Crippen LogP contribution is -2.38. The van der Waals surface area contributed by atoms with Crippen LogP contribution in [0.3, 0.4) is 0 Å². The minimum atomic E-state index is -1.13. The van der Waals surface area contributed by atoms with Gasteiger partial charge in [-0.2, -0.15) is 5.48 Å². The molecule has 3 aromatic carbocycles. The van der Waals surface area contributed by atoms with E-state index in [2.05, 4.69) is 10.8 Å². The maximum atomic E-state index is 13.7. The summed E-state index contributed by atoms with van der Waals surface area (Å²) in [6, 6.07) is 16.2. The summed E-state index contributed by atoms with van der Waals surface area (Å²) in [6.07, 6.45) is -0.444. The zero-order chi connectivity index (χ0) is 28.8. The van der Waals surface area contributed by atoms with Gasteiger partial charge in [-0.1, -0.05) is 30.3 Å². The highest BCUT2D eigenvalue weighted by atomic mass is 16.7. The van der Waals surface area contributed by atoms with Gasteiger partial charge in [-0.15, -0.1) is 0 Å². The SMILES string of the molecule is CCOc1cc(C(CC(=O)NOC(=O)c2ccccc2)N2C(=O)c3cccc(NC(C)=O)c3C2=O)ccc1OC. The minimum Gasteiger partial charge on any atom is -0.493 e. The maximum absolute atomic E-state index is 13.7. The standard InChI is InChI=1S/C29H27N3O8/c1-4-39-24-15-19(13-14-23(24)38-3)22(16-25(34)31-40-29(37)18-9-6-5-7-10-18)32-27(35)20-11-8-12-21(30-17(2)33)26(20)28(32)36/h5-15,22H,4,16H2,1-3H3,(H,30,33)(H,31,34). The number of hydrogen-bond acceptors (Lipinski definition) is 8. The van der Waals surface area contributed by atoms with Crippen LogP contribution < -0.4 is 20.3 Å². The lowest BCUT2D eigenvalue weighted by molar-refractivity contribution is -0.131. The van der Waals surface area contributed by atoms with Crippen LogP contribution in [0.1, 0.15) is 62.9 Å². The number of anilines is 1. The average molecular weight is 546 g/mol. The molecule has 11 heteroatoms. The highest BCUT2D eigenvalue weighted by Gasteiger charge is 2.43. The van der Waals surface area contributed by atoms with Crippen molar-refractivity contribution in [2.45, 2.75) is 26.3 Å². The Morgan fingerprint density at radius 1 is 0.925 bits per heavy atom. The van der Waals surface area contributed by atoms with Crippen molar-refractivity contribution in [1.29, 1.82) is 0 Å². The Labute approximate surface area is 230 Å². The van der Waals surface area contributed by atoms with Crippen LogP contribution >= 0.6 is 0 Å². The number of carbonyl (C=O) groups is 5. The predicted molar refractivity (Wildman–Crippen MR) is 143 cm³/mol. The normalized spacial score (nSPS) is 12.8. The fraction of sp³-hybridized carbons (Fsp3) is 0.207. The van der Waals surface area contributed by atoms with E-state index in [1.165, 1.54) is 38.3 Å². The number of hydrogen-bond donors (Lipinski definition) is 2. The van der Waals surface area contributed by atoms with Crippen LogP contribution in [0.2, 0.25) is 0 Å². The molecule has 0 fully saturated rings. The first-order chi connectivity index (χ1) is 19.2. The number of imide groups is 1. The summed E-state index contributed by atoms with van der Waals surface area (Å²) >= 11 is 0. The fourth-order valence-corrected chi connectivity index (χ4v) is 4.36. The van der Waals surface area contributed by atoms with Crippen LogP contribution in [0, 0.1) is 0 Å². The molecule has 2 N–H and O–H groups in total. The molecule has 206 valence electrons. The summed E-state index contributed by atoms with van der Waals surface area (Å²) in [5.41, 5.74) is 2.99. The van der Waals surface area contributed by atoms with Crippen LogP contribution in [0.4, 0.5) is 5.69 Å². The summed E-state index contributed by atoms with van der Waals surface area (Å²) in [7, 11) is 1.47. The van der Waals surface area contributed by atoms with Crippen molar-refractivity contribution in [3.05, 3.63) is 89.0 Å². The molecule has 1 atom stereocenters. The third-order valence-corrected chi connectivity index (χ3v) is 6.09. The van der Waals surface area contributed by atoms with Gasteiger partial charge in [-0.3, -0.25) is 24.1 Å². The van der Waals surface area contributed by atoms with E-state index < -0.39 is 42.1 Å². The van der Waals surface area contributed by atoms with Crippen LogP contribution in [-0.4, -0.2) is 48.2 Å². The largest absolute Gasteiger partial charge is 0.493 e. The smallest absolute Gasteiger partial charge is 0.362 e. The molecule has 40 heavy (non-hydrogen) atoms. The van der Waals surface area contributed by atoms with E-state index in [0.717, 1.165) is 4.90 Å². The van der Waals surface area contributed by atoms with Crippen LogP contribution in [-0.2, 0) is 14.4 Å². The van der Waals surface area contributed by atoms with Crippen molar-refractivity contribution in [3.63, 3.8) is 0 Å². The second-order valence-electron chi connectivity index (χ2n) is 8.73. The number of methoxy groups -OCH3 is 1. The lowest BCUT2D eigenvalue weighted by Gasteiger charge is -2.27. The van der Waals surface area contributed by atoms with E-state index in [-0.39, 0.29) is 22.4 Å². The van der Waals surface area contributed by atoms with Gasteiger partial charge >= 0.3 is 5.97 Å². The summed E-state index contributed by atoms with van der Waals surface area (Å²) in [5, 5.41) is 2.57. The second kappa shape index (κ2) is 12.1. The van der Waals surface area contributed by atoms with E-state index >= 15 is 0 Å². The molecule has 11 nitrogen and oxygen atoms in total. The molecule has 0 bridgehead atoms. The van der Waals surface area contributed by atoms with Crippen LogP contribution in [0.5, 0.6) is 11.5 Å². The van der Waals surface area contributed by atoms with Crippen molar-refractivity contribution >= 4 is 35.3 Å². The number of hydroxylamine groups is 1. The van der Waals surface area contributed by atoms with E-state index in [1.54, 1.807) is 49.4 Å². The maximum Gasteiger partial charge on any atom is 0.362 e. The molecule has 0 spiro atoms. The Hall–Kier alpha value is -5.19. The number of fused-ring (bicyclic) bond motifs is 1. The minimum absolute atomic E-state index is 0.0159. The van der Waals surface area contributed by atoms with Gasteiger partial charge < -0.3 is 19.6 Å². The predicted octanol–water partition coefficient (Wildman–Crippen LogP) is 3.67. The van der Waals surface area contributed by atoms with Gasteiger partial charge in [0.15, 0.2) is 11.5 Å². The van der Waals surface area contributed by atoms with Crippen molar-refractivity contribution < 1.29 is 38.3 Å². The fourth-order valence-electron chi connectivity index (χ4n) is 4.36. The quantitative estimate of drug-likeness (QED) is 0.307. The van der Waals surface area contributed by atoms with Crippen LogP contribution in [0.25, 0.3) is 0 Å².